The Balaban J connectivity index is 1.86. The molecule has 0 fully saturated rings. The fraction of sp³-hybridized carbons (Fsp3) is 0.0714. The highest BCUT2D eigenvalue weighted by atomic mass is 35.5. The monoisotopic (exact) mass is 357 g/mol. The van der Waals surface area contributed by atoms with E-state index in [1.54, 1.807) is 17.5 Å². The van der Waals surface area contributed by atoms with Crippen molar-refractivity contribution in [3.63, 3.8) is 0 Å². The van der Waals surface area contributed by atoms with Crippen LogP contribution in [0.5, 0.6) is 0 Å². The summed E-state index contributed by atoms with van der Waals surface area (Å²) in [6.07, 6.45) is 0. The van der Waals surface area contributed by atoms with Gasteiger partial charge in [-0.1, -0.05) is 29.3 Å². The van der Waals surface area contributed by atoms with Crippen molar-refractivity contribution in [1.29, 1.82) is 0 Å². The minimum Gasteiger partial charge on any atom is -0.452 e. The van der Waals surface area contributed by atoms with E-state index in [1.165, 1.54) is 29.5 Å². The second-order valence-electron chi connectivity index (χ2n) is 4.06. The van der Waals surface area contributed by atoms with Gasteiger partial charge in [0.25, 0.3) is 11.8 Å². The first-order chi connectivity index (χ1) is 10.5. The van der Waals surface area contributed by atoms with Crippen molar-refractivity contribution in [3.8, 4) is 0 Å². The normalized spacial score (nSPS) is 10.1. The summed E-state index contributed by atoms with van der Waals surface area (Å²) in [5.74, 6) is -1.99. The Kier molecular flexibility index (Phi) is 5.54. The lowest BCUT2D eigenvalue weighted by atomic mass is 10.2. The number of esters is 1. The number of imide groups is 1. The van der Waals surface area contributed by atoms with Crippen molar-refractivity contribution in [2.45, 2.75) is 0 Å². The molecule has 1 aromatic heterocycles. The van der Waals surface area contributed by atoms with Crippen LogP contribution in [0.1, 0.15) is 20.0 Å². The Morgan fingerprint density at radius 1 is 1.14 bits per heavy atom. The smallest absolute Gasteiger partial charge is 0.338 e. The van der Waals surface area contributed by atoms with Crippen molar-refractivity contribution in [2.24, 2.45) is 0 Å². The fourth-order valence-corrected chi connectivity index (χ4v) is 2.39. The highest BCUT2D eigenvalue weighted by molar-refractivity contribution is 7.12. The molecule has 0 aliphatic rings. The number of benzene rings is 1. The molecule has 0 atom stereocenters. The van der Waals surface area contributed by atoms with Crippen LogP contribution < -0.4 is 5.32 Å². The molecule has 22 heavy (non-hydrogen) atoms. The van der Waals surface area contributed by atoms with Gasteiger partial charge in [0.05, 0.1) is 20.5 Å². The zero-order chi connectivity index (χ0) is 16.1. The molecule has 0 unspecified atom stereocenters. The number of ether oxygens (including phenoxy) is 1. The van der Waals surface area contributed by atoms with E-state index < -0.39 is 24.4 Å². The number of hydrogen-bond donors (Lipinski definition) is 1. The van der Waals surface area contributed by atoms with Crippen molar-refractivity contribution in [2.75, 3.05) is 6.61 Å². The van der Waals surface area contributed by atoms with Crippen molar-refractivity contribution >= 4 is 52.3 Å². The van der Waals surface area contributed by atoms with Gasteiger partial charge >= 0.3 is 5.97 Å². The summed E-state index contributed by atoms with van der Waals surface area (Å²) in [5, 5.41) is 4.34. The van der Waals surface area contributed by atoms with Gasteiger partial charge in [0.15, 0.2) is 6.61 Å². The van der Waals surface area contributed by atoms with Crippen LogP contribution in [0.2, 0.25) is 10.0 Å². The summed E-state index contributed by atoms with van der Waals surface area (Å²) in [5.41, 5.74) is 0.159. The summed E-state index contributed by atoms with van der Waals surface area (Å²) < 4.78 is 4.80. The number of halogens is 2. The standard InChI is InChI=1S/C14H9Cl2NO4S/c15-9-4-3-8(6-10(9)16)14(20)21-7-12(18)17-13(19)11-2-1-5-22-11/h1-6H,7H2,(H,17,18,19). The van der Waals surface area contributed by atoms with Gasteiger partial charge < -0.3 is 4.74 Å². The Morgan fingerprint density at radius 3 is 2.55 bits per heavy atom. The van der Waals surface area contributed by atoms with Crippen LogP contribution in [0.3, 0.4) is 0 Å². The van der Waals surface area contributed by atoms with Crippen LogP contribution in [0, 0.1) is 0 Å². The SMILES string of the molecule is O=C(COC(=O)c1ccc(Cl)c(Cl)c1)NC(=O)c1cccs1. The molecule has 8 heteroatoms. The molecule has 0 radical (unpaired) electrons. The zero-order valence-electron chi connectivity index (χ0n) is 11.0. The molecule has 0 saturated carbocycles. The van der Waals surface area contributed by atoms with E-state index in [1.807, 2.05) is 0 Å². The highest BCUT2D eigenvalue weighted by Gasteiger charge is 2.14. The molecule has 114 valence electrons. The molecule has 0 spiro atoms. The third-order valence-electron chi connectivity index (χ3n) is 2.49. The first-order valence-corrected chi connectivity index (χ1v) is 7.61. The molecule has 5 nitrogen and oxygen atoms in total. The van der Waals surface area contributed by atoms with Gasteiger partial charge in [0.1, 0.15) is 0 Å². The maximum absolute atomic E-state index is 11.7. The van der Waals surface area contributed by atoms with Crippen LogP contribution >= 0.6 is 34.5 Å². The van der Waals surface area contributed by atoms with E-state index >= 15 is 0 Å². The summed E-state index contributed by atoms with van der Waals surface area (Å²) in [6, 6.07) is 7.47. The number of nitrogens with one attached hydrogen (secondary N) is 1. The number of amides is 2. The summed E-state index contributed by atoms with van der Waals surface area (Å²) in [4.78, 5) is 35.3. The quantitative estimate of drug-likeness (QED) is 0.853. The van der Waals surface area contributed by atoms with Crippen LogP contribution in [0.15, 0.2) is 35.7 Å². The average molecular weight is 358 g/mol. The van der Waals surface area contributed by atoms with Crippen LogP contribution in [0.4, 0.5) is 0 Å². The fourth-order valence-electron chi connectivity index (χ4n) is 1.47. The van der Waals surface area contributed by atoms with Crippen molar-refractivity contribution in [3.05, 3.63) is 56.2 Å². The van der Waals surface area contributed by atoms with Gasteiger partial charge in [-0.05, 0) is 29.6 Å². The molecular weight excluding hydrogens is 349 g/mol. The molecule has 2 amide bonds. The van der Waals surface area contributed by atoms with Gasteiger partial charge in [-0.15, -0.1) is 11.3 Å². The second kappa shape index (κ2) is 7.40. The van der Waals surface area contributed by atoms with Gasteiger partial charge in [-0.25, -0.2) is 4.79 Å². The number of hydrogen-bond acceptors (Lipinski definition) is 5. The Labute approximate surface area is 139 Å². The predicted molar refractivity (Wildman–Crippen MR) is 83.5 cm³/mol. The Hall–Kier alpha value is -1.89. The molecule has 1 heterocycles. The van der Waals surface area contributed by atoms with E-state index in [0.29, 0.717) is 9.90 Å². The number of rotatable bonds is 4. The molecule has 2 aromatic rings. The highest BCUT2D eigenvalue weighted by Crippen LogP contribution is 2.22. The topological polar surface area (TPSA) is 72.5 Å². The molecule has 0 bridgehead atoms. The molecule has 0 aliphatic heterocycles. The number of carbonyl (C=O) groups excluding carboxylic acids is 3. The van der Waals surface area contributed by atoms with E-state index in [4.69, 9.17) is 27.9 Å². The first-order valence-electron chi connectivity index (χ1n) is 5.97. The summed E-state index contributed by atoms with van der Waals surface area (Å²) in [7, 11) is 0. The largest absolute Gasteiger partial charge is 0.452 e. The third-order valence-corrected chi connectivity index (χ3v) is 4.10. The minimum atomic E-state index is -0.739. The summed E-state index contributed by atoms with van der Waals surface area (Å²) in [6.45, 7) is -0.573. The zero-order valence-corrected chi connectivity index (χ0v) is 13.3. The maximum Gasteiger partial charge on any atom is 0.338 e. The lowest BCUT2D eigenvalue weighted by Gasteiger charge is -2.06. The Morgan fingerprint density at radius 2 is 1.91 bits per heavy atom. The van der Waals surface area contributed by atoms with Crippen LogP contribution in [-0.2, 0) is 9.53 Å². The van der Waals surface area contributed by atoms with Crippen molar-refractivity contribution < 1.29 is 19.1 Å². The van der Waals surface area contributed by atoms with E-state index in [0.717, 1.165) is 0 Å². The van der Waals surface area contributed by atoms with Crippen LogP contribution in [0.25, 0.3) is 0 Å². The molecule has 0 aliphatic carbocycles. The Bertz CT molecular complexity index is 716. The first kappa shape index (κ1) is 16.5. The van der Waals surface area contributed by atoms with E-state index in [9.17, 15) is 14.4 Å². The summed E-state index contributed by atoms with van der Waals surface area (Å²) >= 11 is 12.7. The third kappa shape index (κ3) is 4.30. The van der Waals surface area contributed by atoms with Gasteiger partial charge in [-0.2, -0.15) is 0 Å². The minimum absolute atomic E-state index is 0.159. The molecule has 1 N–H and O–H groups in total. The predicted octanol–water partition coefficient (Wildman–Crippen LogP) is 3.17. The molecule has 1 aromatic carbocycles. The molecular formula is C14H9Cl2NO4S. The maximum atomic E-state index is 11.7. The van der Waals surface area contributed by atoms with Crippen LogP contribution in [-0.4, -0.2) is 24.4 Å². The lowest BCUT2D eigenvalue weighted by Crippen LogP contribution is -2.33. The number of carbonyl (C=O) groups is 3. The van der Waals surface area contributed by atoms with Gasteiger partial charge in [-0.3, -0.25) is 14.9 Å². The molecule has 0 saturated heterocycles. The molecule has 2 rings (SSSR count). The lowest BCUT2D eigenvalue weighted by molar-refractivity contribution is -0.123. The number of thiophene rings is 1. The second-order valence-corrected chi connectivity index (χ2v) is 5.82. The van der Waals surface area contributed by atoms with Crippen molar-refractivity contribution in [1.82, 2.24) is 5.32 Å². The van der Waals surface area contributed by atoms with E-state index in [2.05, 4.69) is 5.32 Å². The van der Waals surface area contributed by atoms with Gasteiger partial charge in [0.2, 0.25) is 0 Å². The average Bonchev–Trinajstić information content (AvgIpc) is 3.02. The van der Waals surface area contributed by atoms with E-state index in [-0.39, 0.29) is 10.6 Å². The van der Waals surface area contributed by atoms with Gasteiger partial charge in [0, 0.05) is 0 Å².